The van der Waals surface area contributed by atoms with Crippen LogP contribution in [0.3, 0.4) is 0 Å². The molecule has 2 rings (SSSR count). The zero-order valence-electron chi connectivity index (χ0n) is 11.5. The highest BCUT2D eigenvalue weighted by atomic mass is 79.9. The van der Waals surface area contributed by atoms with Crippen molar-refractivity contribution < 1.29 is 4.39 Å². The van der Waals surface area contributed by atoms with E-state index in [4.69, 9.17) is 0 Å². The number of rotatable bonds is 6. The van der Waals surface area contributed by atoms with Gasteiger partial charge in [0.1, 0.15) is 5.82 Å². The van der Waals surface area contributed by atoms with Crippen molar-refractivity contribution >= 4 is 15.9 Å². The molecular formula is C15H22BrFN2. The van der Waals surface area contributed by atoms with Gasteiger partial charge in [-0.15, -0.1) is 0 Å². The summed E-state index contributed by atoms with van der Waals surface area (Å²) >= 11 is 3.51. The third kappa shape index (κ3) is 4.55. The molecule has 1 fully saturated rings. The molecule has 1 aromatic rings. The van der Waals surface area contributed by atoms with E-state index < -0.39 is 0 Å². The molecule has 4 heteroatoms. The van der Waals surface area contributed by atoms with Crippen LogP contribution in [0.2, 0.25) is 0 Å². The molecular weight excluding hydrogens is 307 g/mol. The number of halogens is 2. The molecule has 19 heavy (non-hydrogen) atoms. The highest BCUT2D eigenvalue weighted by Gasteiger charge is 2.18. The van der Waals surface area contributed by atoms with Crippen molar-refractivity contribution in [1.82, 2.24) is 10.2 Å². The van der Waals surface area contributed by atoms with Gasteiger partial charge in [-0.25, -0.2) is 4.39 Å². The van der Waals surface area contributed by atoms with Crippen LogP contribution >= 0.6 is 15.9 Å². The third-order valence-corrected chi connectivity index (χ3v) is 4.36. The van der Waals surface area contributed by atoms with Gasteiger partial charge >= 0.3 is 0 Å². The summed E-state index contributed by atoms with van der Waals surface area (Å²) in [7, 11) is 0. The Bertz CT molecular complexity index is 405. The summed E-state index contributed by atoms with van der Waals surface area (Å²) in [6, 6.07) is 5.52. The Morgan fingerprint density at radius 1 is 1.47 bits per heavy atom. The molecule has 0 bridgehead atoms. The van der Waals surface area contributed by atoms with Crippen molar-refractivity contribution in [2.75, 3.05) is 19.6 Å². The largest absolute Gasteiger partial charge is 0.313 e. The maximum absolute atomic E-state index is 13.3. The van der Waals surface area contributed by atoms with Crippen molar-refractivity contribution in [3.8, 4) is 0 Å². The quantitative estimate of drug-likeness (QED) is 0.859. The zero-order valence-corrected chi connectivity index (χ0v) is 13.0. The summed E-state index contributed by atoms with van der Waals surface area (Å²) in [5, 5.41) is 3.53. The lowest BCUT2D eigenvalue weighted by Crippen LogP contribution is -2.37. The zero-order chi connectivity index (χ0) is 13.7. The first-order valence-electron chi connectivity index (χ1n) is 7.08. The molecule has 1 atom stereocenters. The molecule has 1 N–H and O–H groups in total. The Kier molecular flexibility index (Phi) is 5.79. The molecule has 1 unspecified atom stereocenters. The van der Waals surface area contributed by atoms with Crippen LogP contribution in [0.4, 0.5) is 4.39 Å². The minimum Gasteiger partial charge on any atom is -0.313 e. The summed E-state index contributed by atoms with van der Waals surface area (Å²) < 4.78 is 14.3. The standard InChI is InChI=1S/C15H22BrFN2/c1-2-8-19(11-14-4-3-7-18-14)10-12-9-13(17)5-6-15(12)16/h5-6,9,14,18H,2-4,7-8,10-11H2,1H3. The summed E-state index contributed by atoms with van der Waals surface area (Å²) in [6.45, 7) is 6.24. The Morgan fingerprint density at radius 3 is 3.00 bits per heavy atom. The molecule has 2 nitrogen and oxygen atoms in total. The van der Waals surface area contributed by atoms with Crippen LogP contribution in [0.5, 0.6) is 0 Å². The topological polar surface area (TPSA) is 15.3 Å². The van der Waals surface area contributed by atoms with Gasteiger partial charge in [-0.2, -0.15) is 0 Å². The van der Waals surface area contributed by atoms with Crippen molar-refractivity contribution in [3.63, 3.8) is 0 Å². The average Bonchev–Trinajstić information content (AvgIpc) is 2.87. The highest BCUT2D eigenvalue weighted by Crippen LogP contribution is 2.20. The summed E-state index contributed by atoms with van der Waals surface area (Å²) in [6.07, 6.45) is 3.65. The lowest BCUT2D eigenvalue weighted by atomic mass is 10.1. The summed E-state index contributed by atoms with van der Waals surface area (Å²) in [4.78, 5) is 2.42. The predicted molar refractivity (Wildman–Crippen MR) is 80.7 cm³/mol. The van der Waals surface area contributed by atoms with Gasteiger partial charge in [-0.05, 0) is 56.1 Å². The van der Waals surface area contributed by atoms with Crippen LogP contribution in [0.25, 0.3) is 0 Å². The van der Waals surface area contributed by atoms with Crippen molar-refractivity contribution in [1.29, 1.82) is 0 Å². The lowest BCUT2D eigenvalue weighted by molar-refractivity contribution is 0.241. The average molecular weight is 329 g/mol. The number of nitrogens with one attached hydrogen (secondary N) is 1. The lowest BCUT2D eigenvalue weighted by Gasteiger charge is -2.25. The van der Waals surface area contributed by atoms with Crippen LogP contribution in [0.15, 0.2) is 22.7 Å². The van der Waals surface area contributed by atoms with Crippen molar-refractivity contribution in [2.45, 2.75) is 38.8 Å². The minimum absolute atomic E-state index is 0.159. The van der Waals surface area contributed by atoms with E-state index >= 15 is 0 Å². The van der Waals surface area contributed by atoms with Crippen molar-refractivity contribution in [3.05, 3.63) is 34.1 Å². The van der Waals surface area contributed by atoms with E-state index in [2.05, 4.69) is 33.1 Å². The molecule has 1 aliphatic rings. The minimum atomic E-state index is -0.159. The molecule has 0 aromatic heterocycles. The normalized spacial score (nSPS) is 19.3. The molecule has 1 saturated heterocycles. The second kappa shape index (κ2) is 7.36. The Balaban J connectivity index is 2.00. The van der Waals surface area contributed by atoms with Crippen LogP contribution in [-0.2, 0) is 6.54 Å². The van der Waals surface area contributed by atoms with Gasteiger partial charge in [0.05, 0.1) is 0 Å². The van der Waals surface area contributed by atoms with Crippen LogP contribution < -0.4 is 5.32 Å². The fourth-order valence-electron chi connectivity index (χ4n) is 2.68. The Morgan fingerprint density at radius 2 is 2.32 bits per heavy atom. The van der Waals surface area contributed by atoms with E-state index in [0.717, 1.165) is 42.6 Å². The maximum atomic E-state index is 13.3. The first-order chi connectivity index (χ1) is 9.19. The Labute approximate surface area is 123 Å². The van der Waals surface area contributed by atoms with E-state index in [-0.39, 0.29) is 5.82 Å². The number of benzene rings is 1. The van der Waals surface area contributed by atoms with Gasteiger partial charge in [0.15, 0.2) is 0 Å². The second-order valence-electron chi connectivity index (χ2n) is 5.26. The third-order valence-electron chi connectivity index (χ3n) is 3.58. The number of nitrogens with zero attached hydrogens (tertiary/aromatic N) is 1. The molecule has 1 heterocycles. The SMILES string of the molecule is CCCN(Cc1cc(F)ccc1Br)CC1CCCN1. The van der Waals surface area contributed by atoms with Gasteiger partial charge in [0, 0.05) is 23.6 Å². The summed E-state index contributed by atoms with van der Waals surface area (Å²) in [5.41, 5.74) is 1.03. The van der Waals surface area contributed by atoms with Crippen LogP contribution in [0, 0.1) is 5.82 Å². The molecule has 0 radical (unpaired) electrons. The van der Waals surface area contributed by atoms with Gasteiger partial charge in [-0.3, -0.25) is 4.90 Å². The molecule has 0 aliphatic carbocycles. The molecule has 106 valence electrons. The smallest absolute Gasteiger partial charge is 0.123 e. The van der Waals surface area contributed by atoms with Gasteiger partial charge in [-0.1, -0.05) is 22.9 Å². The van der Waals surface area contributed by atoms with Crippen LogP contribution in [0.1, 0.15) is 31.7 Å². The molecule has 1 aliphatic heterocycles. The molecule has 0 saturated carbocycles. The van der Waals surface area contributed by atoms with Gasteiger partial charge in [0.25, 0.3) is 0 Å². The molecule has 0 amide bonds. The van der Waals surface area contributed by atoms with Gasteiger partial charge in [0.2, 0.25) is 0 Å². The molecule has 0 spiro atoms. The van der Waals surface area contributed by atoms with Crippen LogP contribution in [-0.4, -0.2) is 30.6 Å². The monoisotopic (exact) mass is 328 g/mol. The van der Waals surface area contributed by atoms with Gasteiger partial charge < -0.3 is 5.32 Å². The van der Waals surface area contributed by atoms with E-state index in [0.29, 0.717) is 6.04 Å². The molecule has 1 aromatic carbocycles. The van der Waals surface area contributed by atoms with E-state index in [1.807, 2.05) is 0 Å². The van der Waals surface area contributed by atoms with E-state index in [1.54, 1.807) is 12.1 Å². The fourth-order valence-corrected chi connectivity index (χ4v) is 3.05. The highest BCUT2D eigenvalue weighted by molar-refractivity contribution is 9.10. The maximum Gasteiger partial charge on any atom is 0.123 e. The van der Waals surface area contributed by atoms with E-state index in [9.17, 15) is 4.39 Å². The number of hydrogen-bond donors (Lipinski definition) is 1. The first-order valence-corrected chi connectivity index (χ1v) is 7.88. The second-order valence-corrected chi connectivity index (χ2v) is 6.12. The first kappa shape index (κ1) is 14.9. The number of hydrogen-bond acceptors (Lipinski definition) is 2. The van der Waals surface area contributed by atoms with E-state index in [1.165, 1.54) is 18.9 Å². The predicted octanol–water partition coefficient (Wildman–Crippen LogP) is 3.55. The van der Waals surface area contributed by atoms with Crippen molar-refractivity contribution in [2.24, 2.45) is 0 Å². The Hall–Kier alpha value is -0.450. The fraction of sp³-hybridized carbons (Fsp3) is 0.600. The summed E-state index contributed by atoms with van der Waals surface area (Å²) in [5.74, 6) is -0.159.